The van der Waals surface area contributed by atoms with Crippen LogP contribution in [0, 0.1) is 0 Å². The number of hydrogen-bond acceptors (Lipinski definition) is 2. The Balaban J connectivity index is 2.08. The molecule has 2 rings (SSSR count). The molecule has 5 heteroatoms. The smallest absolute Gasteiger partial charge is 0.331 e. The fourth-order valence-electron chi connectivity index (χ4n) is 1.85. The SMILES string of the molecule is CCON(Cl)C(=O)NCc1cccc2ccccc12. The van der Waals surface area contributed by atoms with E-state index in [-0.39, 0.29) is 0 Å². The van der Waals surface area contributed by atoms with Crippen LogP contribution in [0.25, 0.3) is 10.8 Å². The molecule has 0 heterocycles. The molecule has 19 heavy (non-hydrogen) atoms. The molecule has 0 bridgehead atoms. The van der Waals surface area contributed by atoms with Gasteiger partial charge in [0.15, 0.2) is 0 Å². The van der Waals surface area contributed by atoms with Gasteiger partial charge in [-0.05, 0) is 23.3 Å². The number of rotatable bonds is 4. The Labute approximate surface area is 117 Å². The second-order valence-electron chi connectivity index (χ2n) is 3.96. The molecule has 100 valence electrons. The second kappa shape index (κ2) is 6.41. The van der Waals surface area contributed by atoms with Gasteiger partial charge in [-0.2, -0.15) is 0 Å². The van der Waals surface area contributed by atoms with E-state index in [0.29, 0.717) is 17.7 Å². The molecule has 0 saturated carbocycles. The van der Waals surface area contributed by atoms with Crippen molar-refractivity contribution in [3.63, 3.8) is 0 Å². The molecule has 0 unspecified atom stereocenters. The van der Waals surface area contributed by atoms with Crippen LogP contribution in [0.15, 0.2) is 42.5 Å². The Bertz CT molecular complexity index is 569. The third-order valence-electron chi connectivity index (χ3n) is 2.71. The topological polar surface area (TPSA) is 41.6 Å². The minimum Gasteiger partial charge on any atom is -0.331 e. The molecule has 0 aliphatic heterocycles. The molecular formula is C14H15ClN2O2. The van der Waals surface area contributed by atoms with Crippen LogP contribution in [0.5, 0.6) is 0 Å². The highest BCUT2D eigenvalue weighted by Crippen LogP contribution is 2.18. The number of urea groups is 1. The van der Waals surface area contributed by atoms with Gasteiger partial charge in [0.25, 0.3) is 0 Å². The molecule has 0 radical (unpaired) electrons. The van der Waals surface area contributed by atoms with E-state index < -0.39 is 6.03 Å². The highest BCUT2D eigenvalue weighted by atomic mass is 35.5. The van der Waals surface area contributed by atoms with Crippen LogP contribution in [-0.2, 0) is 11.4 Å². The fourth-order valence-corrected chi connectivity index (χ4v) is 2.01. The zero-order chi connectivity index (χ0) is 13.7. The molecule has 0 saturated heterocycles. The third kappa shape index (κ3) is 3.36. The largest absolute Gasteiger partial charge is 0.357 e. The number of halogens is 1. The number of carbonyl (C=O) groups is 1. The van der Waals surface area contributed by atoms with Gasteiger partial charge in [-0.25, -0.2) is 4.79 Å². The molecule has 2 aromatic rings. The Kier molecular flexibility index (Phi) is 4.60. The standard InChI is InChI=1S/C14H15ClN2O2/c1-2-19-17(15)14(18)16-10-12-8-5-7-11-6-3-4-9-13(11)12/h3-9H,2,10H2,1H3,(H,16,18). The van der Waals surface area contributed by atoms with Crippen LogP contribution in [0.1, 0.15) is 12.5 Å². The van der Waals surface area contributed by atoms with Gasteiger partial charge in [-0.1, -0.05) is 42.5 Å². The summed E-state index contributed by atoms with van der Waals surface area (Å²) in [4.78, 5) is 16.5. The Hall–Kier alpha value is -1.78. The molecule has 0 aliphatic carbocycles. The van der Waals surface area contributed by atoms with E-state index in [9.17, 15) is 4.79 Å². The molecule has 0 atom stereocenters. The fraction of sp³-hybridized carbons (Fsp3) is 0.214. The predicted molar refractivity (Wildman–Crippen MR) is 75.5 cm³/mol. The number of benzene rings is 2. The first-order valence-corrected chi connectivity index (χ1v) is 6.39. The van der Waals surface area contributed by atoms with Crippen molar-refractivity contribution in [1.82, 2.24) is 9.90 Å². The zero-order valence-electron chi connectivity index (χ0n) is 10.6. The summed E-state index contributed by atoms with van der Waals surface area (Å²) in [6.45, 7) is 2.50. The minimum atomic E-state index is -0.476. The van der Waals surface area contributed by atoms with Crippen LogP contribution in [0.3, 0.4) is 0 Å². The number of nitrogens with zero attached hydrogens (tertiary/aromatic N) is 1. The lowest BCUT2D eigenvalue weighted by atomic mass is 10.0. The van der Waals surface area contributed by atoms with Crippen molar-refractivity contribution in [3.05, 3.63) is 48.0 Å². The molecule has 2 amide bonds. The van der Waals surface area contributed by atoms with Crippen molar-refractivity contribution >= 4 is 28.6 Å². The first-order valence-electron chi connectivity index (χ1n) is 6.05. The van der Waals surface area contributed by atoms with Crippen molar-refractivity contribution in [1.29, 1.82) is 0 Å². The number of fused-ring (bicyclic) bond motifs is 1. The molecule has 0 fully saturated rings. The normalized spacial score (nSPS) is 10.4. The number of nitrogens with one attached hydrogen (secondary N) is 1. The van der Waals surface area contributed by atoms with Gasteiger partial charge in [0.2, 0.25) is 0 Å². The number of hydroxylamine groups is 1. The van der Waals surface area contributed by atoms with E-state index in [2.05, 4.69) is 5.32 Å². The number of hydrogen-bond donors (Lipinski definition) is 1. The summed E-state index contributed by atoms with van der Waals surface area (Å²) in [5.41, 5.74) is 1.04. The number of carbonyl (C=O) groups excluding carboxylic acids is 1. The first-order chi connectivity index (χ1) is 9.22. The Morgan fingerprint density at radius 3 is 2.79 bits per heavy atom. The Morgan fingerprint density at radius 1 is 1.26 bits per heavy atom. The van der Waals surface area contributed by atoms with Crippen LogP contribution < -0.4 is 5.32 Å². The Morgan fingerprint density at radius 2 is 2.00 bits per heavy atom. The van der Waals surface area contributed by atoms with Crippen LogP contribution in [0.2, 0.25) is 0 Å². The van der Waals surface area contributed by atoms with Crippen molar-refractivity contribution in [2.75, 3.05) is 6.61 Å². The summed E-state index contributed by atoms with van der Waals surface area (Å²) >= 11 is 5.61. The van der Waals surface area contributed by atoms with Crippen LogP contribution in [-0.4, -0.2) is 17.2 Å². The van der Waals surface area contributed by atoms with Gasteiger partial charge in [0.05, 0.1) is 6.61 Å². The quantitative estimate of drug-likeness (QED) is 0.687. The molecule has 1 N–H and O–H groups in total. The van der Waals surface area contributed by atoms with E-state index >= 15 is 0 Å². The summed E-state index contributed by atoms with van der Waals surface area (Å²) in [6.07, 6.45) is 0. The average molecular weight is 279 g/mol. The van der Waals surface area contributed by atoms with Gasteiger partial charge >= 0.3 is 6.03 Å². The summed E-state index contributed by atoms with van der Waals surface area (Å²) in [5, 5.41) is 4.96. The van der Waals surface area contributed by atoms with E-state index in [1.54, 1.807) is 6.92 Å². The molecular weight excluding hydrogens is 264 g/mol. The van der Waals surface area contributed by atoms with Crippen molar-refractivity contribution < 1.29 is 9.63 Å². The molecule has 0 aliphatic rings. The maximum atomic E-state index is 11.6. The molecule has 2 aromatic carbocycles. The number of amides is 2. The van der Waals surface area contributed by atoms with Crippen molar-refractivity contribution in [2.24, 2.45) is 0 Å². The summed E-state index contributed by atoms with van der Waals surface area (Å²) in [6, 6.07) is 13.5. The van der Waals surface area contributed by atoms with Gasteiger partial charge in [-0.3, -0.25) is 4.84 Å². The van der Waals surface area contributed by atoms with Gasteiger partial charge in [0.1, 0.15) is 0 Å². The van der Waals surface area contributed by atoms with E-state index in [0.717, 1.165) is 16.3 Å². The van der Waals surface area contributed by atoms with Crippen molar-refractivity contribution in [2.45, 2.75) is 13.5 Å². The predicted octanol–water partition coefficient (Wildman–Crippen LogP) is 3.46. The highest BCUT2D eigenvalue weighted by molar-refractivity contribution is 6.19. The third-order valence-corrected chi connectivity index (χ3v) is 2.96. The summed E-state index contributed by atoms with van der Waals surface area (Å²) in [7, 11) is 0. The van der Waals surface area contributed by atoms with E-state index in [1.807, 2.05) is 42.5 Å². The molecule has 0 spiro atoms. The summed E-state index contributed by atoms with van der Waals surface area (Å²) < 4.78 is 0.686. The van der Waals surface area contributed by atoms with Gasteiger partial charge < -0.3 is 5.32 Å². The maximum absolute atomic E-state index is 11.6. The van der Waals surface area contributed by atoms with E-state index in [1.165, 1.54) is 0 Å². The van der Waals surface area contributed by atoms with Crippen LogP contribution in [0.4, 0.5) is 4.79 Å². The zero-order valence-corrected chi connectivity index (χ0v) is 11.4. The first kappa shape index (κ1) is 13.6. The highest BCUT2D eigenvalue weighted by Gasteiger charge is 2.10. The summed E-state index contributed by atoms with van der Waals surface area (Å²) in [5.74, 6) is 0. The maximum Gasteiger partial charge on any atom is 0.357 e. The van der Waals surface area contributed by atoms with Crippen LogP contribution >= 0.6 is 11.8 Å². The van der Waals surface area contributed by atoms with Gasteiger partial charge in [-0.15, -0.1) is 4.58 Å². The lowest BCUT2D eigenvalue weighted by Crippen LogP contribution is -2.33. The monoisotopic (exact) mass is 278 g/mol. The lowest BCUT2D eigenvalue weighted by Gasteiger charge is -2.13. The molecule has 0 aromatic heterocycles. The van der Waals surface area contributed by atoms with Gasteiger partial charge in [0, 0.05) is 18.3 Å². The van der Waals surface area contributed by atoms with E-state index in [4.69, 9.17) is 16.6 Å². The van der Waals surface area contributed by atoms with Crippen molar-refractivity contribution in [3.8, 4) is 0 Å². The lowest BCUT2D eigenvalue weighted by molar-refractivity contribution is -0.0405. The second-order valence-corrected chi connectivity index (χ2v) is 4.27. The average Bonchev–Trinajstić information content (AvgIpc) is 2.45. The minimum absolute atomic E-state index is 0.338. The molecule has 4 nitrogen and oxygen atoms in total.